The van der Waals surface area contributed by atoms with Crippen LogP contribution < -0.4 is 0 Å². The van der Waals surface area contributed by atoms with Crippen molar-refractivity contribution in [2.75, 3.05) is 14.2 Å². The van der Waals surface area contributed by atoms with Gasteiger partial charge < -0.3 is 18.6 Å². The van der Waals surface area contributed by atoms with E-state index >= 15 is 0 Å². The first-order valence-corrected chi connectivity index (χ1v) is 11.8. The van der Waals surface area contributed by atoms with E-state index in [4.69, 9.17) is 13.9 Å². The Morgan fingerprint density at radius 2 is 1.59 bits per heavy atom. The molecular formula is C19H32O7Si. The third kappa shape index (κ3) is 4.11. The fraction of sp³-hybridized carbons (Fsp3) is 0.737. The minimum atomic E-state index is -2.28. The molecule has 0 fully saturated rings. The van der Waals surface area contributed by atoms with Gasteiger partial charge in [-0.3, -0.25) is 9.59 Å². The molecule has 8 heteroatoms. The zero-order valence-electron chi connectivity index (χ0n) is 17.8. The lowest BCUT2D eigenvalue weighted by molar-refractivity contribution is -0.183. The standard InChI is InChI=1S/C19H32O7Si/c1-17(2,3)27(8,9)26-13-11-10-12-18(4,14(20)25-16(22)24-7)19(13,5)15(21)23-6/h10-11,13H,12H2,1-9H3. The van der Waals surface area contributed by atoms with E-state index in [-0.39, 0.29) is 11.5 Å². The first-order chi connectivity index (χ1) is 12.2. The molecule has 0 radical (unpaired) electrons. The molecular weight excluding hydrogens is 368 g/mol. The molecule has 3 unspecified atom stereocenters. The number of carbonyl (C=O) groups is 3. The Labute approximate surface area is 162 Å². The van der Waals surface area contributed by atoms with E-state index in [1.807, 2.05) is 0 Å². The van der Waals surface area contributed by atoms with Gasteiger partial charge in [0.15, 0.2) is 8.32 Å². The maximum Gasteiger partial charge on any atom is 0.515 e. The number of carbonyl (C=O) groups excluding carboxylic acids is 3. The lowest BCUT2D eigenvalue weighted by Gasteiger charge is -2.50. The Bertz CT molecular complexity index is 634. The summed E-state index contributed by atoms with van der Waals surface area (Å²) in [6.07, 6.45) is 1.96. The molecule has 0 aromatic rings. The molecule has 0 bridgehead atoms. The van der Waals surface area contributed by atoms with Gasteiger partial charge in [0.05, 0.1) is 25.7 Å². The van der Waals surface area contributed by atoms with Gasteiger partial charge >= 0.3 is 18.1 Å². The number of hydrogen-bond donors (Lipinski definition) is 0. The van der Waals surface area contributed by atoms with Crippen molar-refractivity contribution < 1.29 is 33.0 Å². The van der Waals surface area contributed by atoms with E-state index in [9.17, 15) is 14.4 Å². The lowest BCUT2D eigenvalue weighted by Crippen LogP contribution is -2.61. The zero-order valence-corrected chi connectivity index (χ0v) is 18.8. The summed E-state index contributed by atoms with van der Waals surface area (Å²) in [5.41, 5.74) is -2.74. The molecule has 1 aliphatic rings. The second-order valence-corrected chi connectivity index (χ2v) is 13.6. The number of ether oxygens (including phenoxy) is 3. The summed E-state index contributed by atoms with van der Waals surface area (Å²) in [5.74, 6) is -1.45. The smallest absolute Gasteiger partial charge is 0.468 e. The molecule has 0 heterocycles. The van der Waals surface area contributed by atoms with Gasteiger partial charge in [0, 0.05) is 0 Å². The van der Waals surface area contributed by atoms with E-state index in [1.165, 1.54) is 7.11 Å². The predicted molar refractivity (Wildman–Crippen MR) is 103 cm³/mol. The molecule has 0 aromatic carbocycles. The minimum absolute atomic E-state index is 0.0990. The average molecular weight is 401 g/mol. The van der Waals surface area contributed by atoms with Crippen LogP contribution in [0, 0.1) is 10.8 Å². The fourth-order valence-corrected chi connectivity index (χ4v) is 4.18. The SMILES string of the molecule is COC(=O)OC(=O)C1(C)CC=CC(O[Si](C)(C)C(C)(C)C)C1(C)C(=O)OC. The summed E-state index contributed by atoms with van der Waals surface area (Å²) in [4.78, 5) is 37.2. The number of esters is 2. The Morgan fingerprint density at radius 3 is 2.04 bits per heavy atom. The summed E-state index contributed by atoms with van der Waals surface area (Å²) < 4.78 is 20.7. The summed E-state index contributed by atoms with van der Waals surface area (Å²) >= 11 is 0. The average Bonchev–Trinajstić information content (AvgIpc) is 2.56. The molecule has 3 atom stereocenters. The molecule has 27 heavy (non-hydrogen) atoms. The Kier molecular flexibility index (Phi) is 6.71. The second-order valence-electron chi connectivity index (χ2n) is 8.80. The van der Waals surface area contributed by atoms with Gasteiger partial charge in [-0.25, -0.2) is 4.79 Å². The van der Waals surface area contributed by atoms with E-state index < -0.39 is 43.3 Å². The van der Waals surface area contributed by atoms with Crippen molar-refractivity contribution in [2.45, 2.75) is 65.3 Å². The van der Waals surface area contributed by atoms with Crippen LogP contribution in [-0.4, -0.2) is 46.7 Å². The monoisotopic (exact) mass is 400 g/mol. The van der Waals surface area contributed by atoms with Crippen LogP contribution in [0.3, 0.4) is 0 Å². The van der Waals surface area contributed by atoms with Gasteiger partial charge in [0.25, 0.3) is 0 Å². The quantitative estimate of drug-likeness (QED) is 0.307. The maximum absolute atomic E-state index is 12.9. The van der Waals surface area contributed by atoms with E-state index in [0.29, 0.717) is 0 Å². The second kappa shape index (κ2) is 7.75. The van der Waals surface area contributed by atoms with Crippen molar-refractivity contribution in [2.24, 2.45) is 10.8 Å². The van der Waals surface area contributed by atoms with Crippen molar-refractivity contribution in [3.63, 3.8) is 0 Å². The largest absolute Gasteiger partial charge is 0.515 e. The lowest BCUT2D eigenvalue weighted by atomic mass is 9.58. The van der Waals surface area contributed by atoms with E-state index in [0.717, 1.165) is 7.11 Å². The third-order valence-electron chi connectivity index (χ3n) is 6.18. The normalized spacial score (nSPS) is 28.4. The van der Waals surface area contributed by atoms with Crippen LogP contribution >= 0.6 is 0 Å². The van der Waals surface area contributed by atoms with E-state index in [2.05, 4.69) is 38.6 Å². The van der Waals surface area contributed by atoms with Crippen LogP contribution in [0.1, 0.15) is 41.0 Å². The zero-order chi connectivity index (χ0) is 21.3. The molecule has 7 nitrogen and oxygen atoms in total. The molecule has 0 saturated carbocycles. The van der Waals surface area contributed by atoms with Crippen molar-refractivity contribution in [3.8, 4) is 0 Å². The highest BCUT2D eigenvalue weighted by molar-refractivity contribution is 6.74. The first-order valence-electron chi connectivity index (χ1n) is 8.90. The summed E-state index contributed by atoms with van der Waals surface area (Å²) in [6.45, 7) is 13.6. The van der Waals surface area contributed by atoms with Crippen LogP contribution in [0.25, 0.3) is 0 Å². The highest BCUT2D eigenvalue weighted by atomic mass is 28.4. The third-order valence-corrected chi connectivity index (χ3v) is 10.6. The van der Waals surface area contributed by atoms with Crippen molar-refractivity contribution >= 4 is 26.4 Å². The van der Waals surface area contributed by atoms with Crippen LogP contribution in [0.15, 0.2) is 12.2 Å². The van der Waals surface area contributed by atoms with Crippen LogP contribution in [0.4, 0.5) is 4.79 Å². The van der Waals surface area contributed by atoms with E-state index in [1.54, 1.807) is 26.0 Å². The van der Waals surface area contributed by atoms with Gasteiger partial charge in [-0.15, -0.1) is 0 Å². The Balaban J connectivity index is 3.44. The molecule has 154 valence electrons. The summed E-state index contributed by atoms with van der Waals surface area (Å²) in [6, 6.07) is 0. The minimum Gasteiger partial charge on any atom is -0.468 e. The Hall–Kier alpha value is -1.67. The van der Waals surface area contributed by atoms with Gasteiger partial charge in [0.2, 0.25) is 0 Å². The van der Waals surface area contributed by atoms with Gasteiger partial charge in [0.1, 0.15) is 5.41 Å². The van der Waals surface area contributed by atoms with Gasteiger partial charge in [-0.2, -0.15) is 0 Å². The Morgan fingerprint density at radius 1 is 1.04 bits per heavy atom. The van der Waals surface area contributed by atoms with Crippen molar-refractivity contribution in [1.29, 1.82) is 0 Å². The molecule has 0 N–H and O–H groups in total. The number of allylic oxidation sites excluding steroid dienone is 1. The highest BCUT2D eigenvalue weighted by Gasteiger charge is 2.63. The predicted octanol–water partition coefficient (Wildman–Crippen LogP) is 3.83. The van der Waals surface area contributed by atoms with Crippen LogP contribution in [0.2, 0.25) is 18.1 Å². The van der Waals surface area contributed by atoms with Crippen molar-refractivity contribution in [3.05, 3.63) is 12.2 Å². The summed E-state index contributed by atoms with van der Waals surface area (Å²) in [7, 11) is 0.0992. The highest BCUT2D eigenvalue weighted by Crippen LogP contribution is 2.52. The van der Waals surface area contributed by atoms with Crippen molar-refractivity contribution in [1.82, 2.24) is 0 Å². The van der Waals surface area contributed by atoms with Crippen LogP contribution in [0.5, 0.6) is 0 Å². The summed E-state index contributed by atoms with van der Waals surface area (Å²) in [5, 5.41) is -0.0990. The fourth-order valence-electron chi connectivity index (χ4n) is 2.88. The van der Waals surface area contributed by atoms with Crippen LogP contribution in [-0.2, 0) is 28.2 Å². The molecule has 0 aromatic heterocycles. The molecule has 0 saturated heterocycles. The molecule has 0 amide bonds. The topological polar surface area (TPSA) is 88.1 Å². The number of hydrogen-bond acceptors (Lipinski definition) is 7. The number of methoxy groups -OCH3 is 2. The molecule has 1 aliphatic carbocycles. The molecule has 0 spiro atoms. The molecule has 1 rings (SSSR count). The molecule has 0 aliphatic heterocycles. The first kappa shape index (κ1) is 23.4. The van der Waals surface area contributed by atoms with Gasteiger partial charge in [-0.05, 0) is 38.4 Å². The number of rotatable bonds is 4. The maximum atomic E-state index is 12.9. The van der Waals surface area contributed by atoms with Gasteiger partial charge in [-0.1, -0.05) is 32.9 Å².